The Hall–Kier alpha value is -0.770. The van der Waals surface area contributed by atoms with Crippen molar-refractivity contribution < 1.29 is 0 Å². The number of aromatic amines is 1. The zero-order valence-corrected chi connectivity index (χ0v) is 7.66. The number of hydrogen-bond donors (Lipinski definition) is 2. The average molecular weight is 171 g/mol. The summed E-state index contributed by atoms with van der Waals surface area (Å²) in [7, 11) is 1.87. The predicted molar refractivity (Wildman–Crippen MR) is 49.0 cm³/mol. The Bertz CT molecular complexity index is 297. The smallest absolute Gasteiger partial charge is 0.178 e. The van der Waals surface area contributed by atoms with Crippen LogP contribution in [0.3, 0.4) is 0 Å². The number of nitrogens with two attached hydrogens (primary N) is 1. The highest BCUT2D eigenvalue weighted by molar-refractivity contribution is 7.71. The minimum absolute atomic E-state index is 0.700. The van der Waals surface area contributed by atoms with Crippen molar-refractivity contribution in [2.45, 2.75) is 19.8 Å². The maximum atomic E-state index is 5.75. The van der Waals surface area contributed by atoms with Gasteiger partial charge in [0.2, 0.25) is 0 Å². The zero-order valence-electron chi connectivity index (χ0n) is 6.85. The van der Waals surface area contributed by atoms with Gasteiger partial charge in [-0.05, 0) is 18.6 Å². The van der Waals surface area contributed by atoms with Crippen molar-refractivity contribution in [3.05, 3.63) is 10.5 Å². The molecule has 0 saturated carbocycles. The van der Waals surface area contributed by atoms with Crippen LogP contribution in [0.25, 0.3) is 0 Å². The molecule has 0 unspecified atom stereocenters. The summed E-state index contributed by atoms with van der Waals surface area (Å²) in [5.74, 6) is 0.761. The molecular weight excluding hydrogens is 158 g/mol. The second kappa shape index (κ2) is 3.09. The van der Waals surface area contributed by atoms with Gasteiger partial charge in [0.1, 0.15) is 5.82 Å². The first-order valence-corrected chi connectivity index (χ1v) is 4.11. The minimum atomic E-state index is 0.700. The van der Waals surface area contributed by atoms with Crippen molar-refractivity contribution in [3.8, 4) is 0 Å². The van der Waals surface area contributed by atoms with E-state index in [1.165, 1.54) is 0 Å². The van der Waals surface area contributed by atoms with Gasteiger partial charge < -0.3 is 15.3 Å². The summed E-state index contributed by atoms with van der Waals surface area (Å²) >= 11 is 5.00. The van der Waals surface area contributed by atoms with Gasteiger partial charge in [0.25, 0.3) is 0 Å². The van der Waals surface area contributed by atoms with Crippen LogP contribution >= 0.6 is 12.2 Å². The van der Waals surface area contributed by atoms with E-state index in [1.807, 2.05) is 7.05 Å². The summed E-state index contributed by atoms with van der Waals surface area (Å²) < 4.78 is 2.49. The van der Waals surface area contributed by atoms with Gasteiger partial charge in [0.05, 0.1) is 5.69 Å². The van der Waals surface area contributed by atoms with Crippen LogP contribution in [0.5, 0.6) is 0 Å². The first kappa shape index (κ1) is 8.33. The van der Waals surface area contributed by atoms with E-state index >= 15 is 0 Å². The first-order chi connectivity index (χ1) is 5.16. The molecule has 0 fully saturated rings. The molecule has 0 aliphatic heterocycles. The van der Waals surface area contributed by atoms with E-state index in [0.29, 0.717) is 4.77 Å². The number of aromatic nitrogens is 2. The molecule has 62 valence electrons. The summed E-state index contributed by atoms with van der Waals surface area (Å²) in [6.07, 6.45) is 2.05. The summed E-state index contributed by atoms with van der Waals surface area (Å²) in [5, 5.41) is 0. The lowest BCUT2D eigenvalue weighted by molar-refractivity contribution is 0.892. The van der Waals surface area contributed by atoms with Gasteiger partial charge in [-0.1, -0.05) is 13.3 Å². The average Bonchev–Trinajstić information content (AvgIpc) is 2.19. The third-order valence-electron chi connectivity index (χ3n) is 1.73. The largest absolute Gasteiger partial charge is 0.384 e. The quantitative estimate of drug-likeness (QED) is 0.664. The molecule has 0 bridgehead atoms. The number of anilines is 1. The van der Waals surface area contributed by atoms with Crippen LogP contribution in [-0.2, 0) is 13.5 Å². The zero-order chi connectivity index (χ0) is 8.43. The highest BCUT2D eigenvalue weighted by atomic mass is 32.1. The van der Waals surface area contributed by atoms with Crippen LogP contribution in [-0.4, -0.2) is 9.55 Å². The van der Waals surface area contributed by atoms with E-state index in [9.17, 15) is 0 Å². The maximum Gasteiger partial charge on any atom is 0.178 e. The monoisotopic (exact) mass is 171 g/mol. The molecule has 0 saturated heterocycles. The van der Waals surface area contributed by atoms with Crippen molar-refractivity contribution in [2.75, 3.05) is 5.73 Å². The van der Waals surface area contributed by atoms with Crippen LogP contribution < -0.4 is 5.73 Å². The van der Waals surface area contributed by atoms with Crippen molar-refractivity contribution in [1.29, 1.82) is 0 Å². The molecule has 0 amide bonds. The maximum absolute atomic E-state index is 5.75. The minimum Gasteiger partial charge on any atom is -0.384 e. The number of nitrogen functional groups attached to an aromatic ring is 1. The van der Waals surface area contributed by atoms with E-state index < -0.39 is 0 Å². The number of H-pyrrole nitrogens is 1. The van der Waals surface area contributed by atoms with Gasteiger partial charge in [0.15, 0.2) is 4.77 Å². The number of nitrogens with zero attached hydrogens (tertiary/aromatic N) is 1. The molecule has 0 aliphatic carbocycles. The summed E-state index contributed by atoms with van der Waals surface area (Å²) in [6, 6.07) is 0. The Morgan fingerprint density at radius 2 is 2.27 bits per heavy atom. The molecule has 1 heterocycles. The normalized spacial score (nSPS) is 10.4. The molecule has 11 heavy (non-hydrogen) atoms. The first-order valence-electron chi connectivity index (χ1n) is 3.70. The van der Waals surface area contributed by atoms with Gasteiger partial charge in [-0.15, -0.1) is 0 Å². The fourth-order valence-corrected chi connectivity index (χ4v) is 1.25. The highest BCUT2D eigenvalue weighted by Gasteiger charge is 2.03. The third-order valence-corrected chi connectivity index (χ3v) is 2.11. The van der Waals surface area contributed by atoms with Crippen molar-refractivity contribution in [1.82, 2.24) is 9.55 Å². The van der Waals surface area contributed by atoms with E-state index in [1.54, 1.807) is 4.57 Å². The SMILES string of the molecule is CCCc1[nH]c(=S)n(C)c1N. The van der Waals surface area contributed by atoms with Gasteiger partial charge in [-0.2, -0.15) is 0 Å². The van der Waals surface area contributed by atoms with Crippen LogP contribution in [0, 0.1) is 4.77 Å². The van der Waals surface area contributed by atoms with Crippen LogP contribution in [0.15, 0.2) is 0 Å². The Morgan fingerprint density at radius 3 is 2.64 bits per heavy atom. The third kappa shape index (κ3) is 1.45. The Labute approximate surface area is 71.2 Å². The lowest BCUT2D eigenvalue weighted by Gasteiger charge is -1.96. The molecule has 4 heteroatoms. The lowest BCUT2D eigenvalue weighted by atomic mass is 10.2. The Kier molecular flexibility index (Phi) is 2.34. The second-order valence-electron chi connectivity index (χ2n) is 2.60. The van der Waals surface area contributed by atoms with Crippen LogP contribution in [0.1, 0.15) is 19.0 Å². The number of hydrogen-bond acceptors (Lipinski definition) is 2. The summed E-state index contributed by atoms with van der Waals surface area (Å²) in [5.41, 5.74) is 6.81. The summed E-state index contributed by atoms with van der Waals surface area (Å²) in [6.45, 7) is 2.11. The number of aryl methyl sites for hydroxylation is 1. The molecule has 3 nitrogen and oxygen atoms in total. The molecule has 0 radical (unpaired) electrons. The molecule has 1 aromatic heterocycles. The number of rotatable bonds is 2. The second-order valence-corrected chi connectivity index (χ2v) is 2.99. The predicted octanol–water partition coefficient (Wildman–Crippen LogP) is 1.62. The topological polar surface area (TPSA) is 46.7 Å². The molecule has 1 rings (SSSR count). The Balaban J connectivity index is 3.08. The van der Waals surface area contributed by atoms with Gasteiger partial charge in [-0.25, -0.2) is 0 Å². The Morgan fingerprint density at radius 1 is 1.64 bits per heavy atom. The van der Waals surface area contributed by atoms with E-state index in [0.717, 1.165) is 24.4 Å². The molecule has 0 aromatic carbocycles. The van der Waals surface area contributed by atoms with Gasteiger partial charge in [-0.3, -0.25) is 0 Å². The number of nitrogens with one attached hydrogen (secondary N) is 1. The van der Waals surface area contributed by atoms with Crippen molar-refractivity contribution in [3.63, 3.8) is 0 Å². The van der Waals surface area contributed by atoms with E-state index in [-0.39, 0.29) is 0 Å². The van der Waals surface area contributed by atoms with E-state index in [4.69, 9.17) is 18.0 Å². The van der Waals surface area contributed by atoms with Crippen LogP contribution in [0.2, 0.25) is 0 Å². The molecule has 0 spiro atoms. The van der Waals surface area contributed by atoms with Gasteiger partial charge >= 0.3 is 0 Å². The van der Waals surface area contributed by atoms with Gasteiger partial charge in [0, 0.05) is 7.05 Å². The fraction of sp³-hybridized carbons (Fsp3) is 0.571. The molecule has 1 aromatic rings. The highest BCUT2D eigenvalue weighted by Crippen LogP contribution is 2.11. The van der Waals surface area contributed by atoms with Crippen molar-refractivity contribution in [2.24, 2.45) is 7.05 Å². The molecule has 3 N–H and O–H groups in total. The number of imidazole rings is 1. The van der Waals surface area contributed by atoms with Crippen LogP contribution in [0.4, 0.5) is 5.82 Å². The van der Waals surface area contributed by atoms with E-state index in [2.05, 4.69) is 11.9 Å². The fourth-order valence-electron chi connectivity index (χ4n) is 1.03. The summed E-state index contributed by atoms with van der Waals surface area (Å²) in [4.78, 5) is 3.07. The molecular formula is C7H13N3S. The molecule has 0 atom stereocenters. The van der Waals surface area contributed by atoms with Crippen molar-refractivity contribution >= 4 is 18.0 Å². The lowest BCUT2D eigenvalue weighted by Crippen LogP contribution is -1.98. The molecule has 0 aliphatic rings. The standard InChI is InChI=1S/C7H13N3S/c1-3-4-5-6(8)10(2)7(11)9-5/h3-4,8H2,1-2H3,(H,9,11).